The zero-order chi connectivity index (χ0) is 16.4. The highest BCUT2D eigenvalue weighted by Gasteiger charge is 2.17. The molecule has 1 amide bonds. The number of para-hydroxylation sites is 1. The monoisotopic (exact) mass is 329 g/mol. The van der Waals surface area contributed by atoms with E-state index in [1.165, 1.54) is 11.8 Å². The molecule has 6 nitrogen and oxygen atoms in total. The van der Waals surface area contributed by atoms with Gasteiger partial charge < -0.3 is 14.7 Å². The number of hydrogen-bond donors (Lipinski definition) is 2. The van der Waals surface area contributed by atoms with Gasteiger partial charge in [-0.25, -0.2) is 4.79 Å². The van der Waals surface area contributed by atoms with Crippen LogP contribution in [0.2, 0.25) is 0 Å². The standard InChI is InChI=1S/C16H15N3O3S/c1-9-13(15(23-2)19-16(21)18-9)14(20)17-8-11-7-10-5-3-4-6-12(10)22-11/h3-7H,8H2,1-2H3,(H,17,20)(H,18,19,21). The maximum Gasteiger partial charge on any atom is 0.346 e. The molecular weight excluding hydrogens is 314 g/mol. The van der Waals surface area contributed by atoms with E-state index < -0.39 is 5.69 Å². The molecule has 2 heterocycles. The number of rotatable bonds is 4. The third-order valence-corrected chi connectivity index (χ3v) is 4.09. The lowest BCUT2D eigenvalue weighted by Gasteiger charge is -2.09. The molecule has 3 rings (SSSR count). The van der Waals surface area contributed by atoms with Crippen LogP contribution in [0.15, 0.2) is 44.6 Å². The minimum atomic E-state index is -0.458. The molecule has 3 aromatic rings. The zero-order valence-corrected chi connectivity index (χ0v) is 13.5. The average Bonchev–Trinajstić information content (AvgIpc) is 2.94. The zero-order valence-electron chi connectivity index (χ0n) is 12.7. The van der Waals surface area contributed by atoms with Gasteiger partial charge in [0.25, 0.3) is 5.91 Å². The van der Waals surface area contributed by atoms with Crippen LogP contribution in [0.1, 0.15) is 21.8 Å². The van der Waals surface area contributed by atoms with Crippen LogP contribution in [0.25, 0.3) is 11.0 Å². The maximum absolute atomic E-state index is 12.4. The highest BCUT2D eigenvalue weighted by Crippen LogP contribution is 2.20. The number of aromatic nitrogens is 2. The second-order valence-electron chi connectivity index (χ2n) is 4.98. The van der Waals surface area contributed by atoms with Crippen molar-refractivity contribution in [3.05, 3.63) is 57.8 Å². The molecule has 1 aromatic carbocycles. The minimum Gasteiger partial charge on any atom is -0.459 e. The number of nitrogens with one attached hydrogen (secondary N) is 2. The summed E-state index contributed by atoms with van der Waals surface area (Å²) in [4.78, 5) is 30.2. The Morgan fingerprint density at radius 3 is 2.91 bits per heavy atom. The van der Waals surface area contributed by atoms with E-state index in [0.29, 0.717) is 22.0 Å². The van der Waals surface area contributed by atoms with E-state index in [9.17, 15) is 9.59 Å². The molecule has 2 aromatic heterocycles. The van der Waals surface area contributed by atoms with Crippen LogP contribution in [-0.2, 0) is 6.54 Å². The van der Waals surface area contributed by atoms with Crippen molar-refractivity contribution in [1.82, 2.24) is 15.3 Å². The lowest BCUT2D eigenvalue weighted by Crippen LogP contribution is -2.27. The van der Waals surface area contributed by atoms with Crippen molar-refractivity contribution in [3.8, 4) is 0 Å². The van der Waals surface area contributed by atoms with Crippen LogP contribution in [0, 0.1) is 6.92 Å². The van der Waals surface area contributed by atoms with Crippen LogP contribution in [-0.4, -0.2) is 22.1 Å². The average molecular weight is 329 g/mol. The van der Waals surface area contributed by atoms with Gasteiger partial charge in [0.1, 0.15) is 16.4 Å². The van der Waals surface area contributed by atoms with Crippen molar-refractivity contribution in [2.75, 3.05) is 6.26 Å². The number of furan rings is 1. The summed E-state index contributed by atoms with van der Waals surface area (Å²) in [6.45, 7) is 1.94. The van der Waals surface area contributed by atoms with Gasteiger partial charge in [-0.2, -0.15) is 4.98 Å². The van der Waals surface area contributed by atoms with Crippen LogP contribution >= 0.6 is 11.8 Å². The molecule has 0 radical (unpaired) electrons. The van der Waals surface area contributed by atoms with Gasteiger partial charge in [-0.3, -0.25) is 4.79 Å². The second-order valence-corrected chi connectivity index (χ2v) is 5.78. The number of carbonyl (C=O) groups is 1. The number of nitrogens with zero attached hydrogens (tertiary/aromatic N) is 1. The highest BCUT2D eigenvalue weighted by molar-refractivity contribution is 7.98. The molecule has 0 spiro atoms. The van der Waals surface area contributed by atoms with Crippen LogP contribution in [0.5, 0.6) is 0 Å². The molecule has 0 atom stereocenters. The molecule has 0 aliphatic rings. The summed E-state index contributed by atoms with van der Waals surface area (Å²) in [5.41, 5.74) is 1.20. The second kappa shape index (κ2) is 6.29. The molecule has 0 bridgehead atoms. The van der Waals surface area contributed by atoms with Gasteiger partial charge in [0.2, 0.25) is 0 Å². The van der Waals surface area contributed by atoms with E-state index in [-0.39, 0.29) is 12.5 Å². The molecule has 0 unspecified atom stereocenters. The van der Waals surface area contributed by atoms with Crippen LogP contribution in [0.4, 0.5) is 0 Å². The van der Waals surface area contributed by atoms with Crippen LogP contribution < -0.4 is 11.0 Å². The number of aromatic amines is 1. The van der Waals surface area contributed by atoms with E-state index in [4.69, 9.17) is 4.42 Å². The van der Waals surface area contributed by atoms with Crippen molar-refractivity contribution in [3.63, 3.8) is 0 Å². The predicted octanol–water partition coefficient (Wildman–Crippen LogP) is 2.48. The highest BCUT2D eigenvalue weighted by atomic mass is 32.2. The maximum atomic E-state index is 12.4. The summed E-state index contributed by atoms with van der Waals surface area (Å²) in [6, 6.07) is 9.55. The van der Waals surface area contributed by atoms with Gasteiger partial charge in [0.05, 0.1) is 12.1 Å². The first-order valence-electron chi connectivity index (χ1n) is 6.99. The summed E-state index contributed by atoms with van der Waals surface area (Å²) in [7, 11) is 0. The third kappa shape index (κ3) is 3.14. The molecule has 0 saturated heterocycles. The smallest absolute Gasteiger partial charge is 0.346 e. The fourth-order valence-corrected chi connectivity index (χ4v) is 2.98. The number of fused-ring (bicyclic) bond motifs is 1. The van der Waals surface area contributed by atoms with E-state index in [1.807, 2.05) is 30.3 Å². The fraction of sp³-hybridized carbons (Fsp3) is 0.188. The number of benzene rings is 1. The first-order chi connectivity index (χ1) is 11.1. The SMILES string of the molecule is CSc1nc(=O)[nH]c(C)c1C(=O)NCc1cc2ccccc2o1. The Bertz CT molecular complexity index is 897. The fourth-order valence-electron chi connectivity index (χ4n) is 2.35. The third-order valence-electron chi connectivity index (χ3n) is 3.41. The van der Waals surface area contributed by atoms with E-state index in [2.05, 4.69) is 15.3 Å². The molecule has 118 valence electrons. The van der Waals surface area contributed by atoms with Gasteiger partial charge in [-0.15, -0.1) is 11.8 Å². The number of H-pyrrole nitrogens is 1. The summed E-state index contributed by atoms with van der Waals surface area (Å²) in [6.07, 6.45) is 1.78. The van der Waals surface area contributed by atoms with Crippen molar-refractivity contribution in [2.45, 2.75) is 18.5 Å². The van der Waals surface area contributed by atoms with Gasteiger partial charge in [-0.05, 0) is 25.3 Å². The van der Waals surface area contributed by atoms with Crippen LogP contribution in [0.3, 0.4) is 0 Å². The Balaban J connectivity index is 1.81. The molecule has 0 saturated carbocycles. The molecule has 23 heavy (non-hydrogen) atoms. The summed E-state index contributed by atoms with van der Waals surface area (Å²) in [5, 5.41) is 4.20. The quantitative estimate of drug-likeness (QED) is 0.567. The van der Waals surface area contributed by atoms with Gasteiger partial charge >= 0.3 is 5.69 Å². The van der Waals surface area contributed by atoms with E-state index in [1.54, 1.807) is 13.2 Å². The van der Waals surface area contributed by atoms with E-state index in [0.717, 1.165) is 11.0 Å². The number of carbonyl (C=O) groups excluding carboxylic acids is 1. The van der Waals surface area contributed by atoms with E-state index >= 15 is 0 Å². The van der Waals surface area contributed by atoms with Gasteiger partial charge in [-0.1, -0.05) is 18.2 Å². The van der Waals surface area contributed by atoms with Crippen molar-refractivity contribution in [1.29, 1.82) is 0 Å². The molecule has 0 aliphatic heterocycles. The Morgan fingerprint density at radius 2 is 2.17 bits per heavy atom. The Kier molecular flexibility index (Phi) is 4.20. The first-order valence-corrected chi connectivity index (χ1v) is 8.21. The molecule has 0 fully saturated rings. The Labute approximate surface area is 136 Å². The summed E-state index contributed by atoms with van der Waals surface area (Å²) < 4.78 is 5.67. The predicted molar refractivity (Wildman–Crippen MR) is 88.8 cm³/mol. The number of aryl methyl sites for hydroxylation is 1. The van der Waals surface area contributed by atoms with Crippen molar-refractivity contribution in [2.24, 2.45) is 0 Å². The first kappa shape index (κ1) is 15.4. The summed E-state index contributed by atoms with van der Waals surface area (Å²) >= 11 is 1.26. The normalized spacial score (nSPS) is 10.9. The molecular formula is C16H15N3O3S. The lowest BCUT2D eigenvalue weighted by molar-refractivity contribution is 0.0943. The minimum absolute atomic E-state index is 0.264. The molecule has 0 aliphatic carbocycles. The van der Waals surface area contributed by atoms with Gasteiger partial charge in [0.15, 0.2) is 0 Å². The summed E-state index contributed by atoms with van der Waals surface area (Å²) in [5.74, 6) is 0.372. The number of amides is 1. The lowest BCUT2D eigenvalue weighted by atomic mass is 10.2. The van der Waals surface area contributed by atoms with Crippen molar-refractivity contribution >= 4 is 28.6 Å². The molecule has 2 N–H and O–H groups in total. The number of hydrogen-bond acceptors (Lipinski definition) is 5. The molecule has 7 heteroatoms. The van der Waals surface area contributed by atoms with Gasteiger partial charge in [0, 0.05) is 11.1 Å². The topological polar surface area (TPSA) is 88.0 Å². The largest absolute Gasteiger partial charge is 0.459 e. The number of thioether (sulfide) groups is 1. The Hall–Kier alpha value is -2.54. The van der Waals surface area contributed by atoms with Crippen molar-refractivity contribution < 1.29 is 9.21 Å². The Morgan fingerprint density at radius 1 is 1.39 bits per heavy atom.